The Labute approximate surface area is 136 Å². The number of sulfone groups is 1. The number of ether oxygens (including phenoxy) is 2. The van der Waals surface area contributed by atoms with E-state index >= 15 is 0 Å². The molecule has 3 saturated carbocycles. The Morgan fingerprint density at radius 3 is 1.75 bits per heavy atom. The van der Waals surface area contributed by atoms with Crippen molar-refractivity contribution in [3.05, 3.63) is 0 Å². The van der Waals surface area contributed by atoms with Crippen LogP contribution in [0.3, 0.4) is 0 Å². The fraction of sp³-hybridized carbons (Fsp3) is 1.00. The second-order valence-corrected chi connectivity index (χ2v) is 10.9. The van der Waals surface area contributed by atoms with E-state index in [9.17, 15) is 8.42 Å². The Morgan fingerprint density at radius 2 is 1.30 bits per heavy atom. The van der Waals surface area contributed by atoms with Crippen LogP contribution in [0.4, 0.5) is 0 Å². The summed E-state index contributed by atoms with van der Waals surface area (Å²) in [6.07, 6.45) is 1.90. The average Bonchev–Trinajstić information content (AvgIpc) is 2.88. The van der Waals surface area contributed by atoms with E-state index in [0.717, 1.165) is 12.8 Å². The third-order valence-corrected chi connectivity index (χ3v) is 9.47. The van der Waals surface area contributed by atoms with E-state index in [0.29, 0.717) is 48.4 Å². The Balaban J connectivity index is 1.62. The van der Waals surface area contributed by atoms with Gasteiger partial charge in [-0.25, -0.2) is 8.42 Å². The molecule has 7 heteroatoms. The summed E-state index contributed by atoms with van der Waals surface area (Å²) in [5, 5.41) is 0. The molecule has 6 rings (SSSR count). The molecule has 6 aliphatic rings. The van der Waals surface area contributed by atoms with Crippen molar-refractivity contribution in [3.63, 3.8) is 0 Å². The van der Waals surface area contributed by atoms with Crippen molar-refractivity contribution < 1.29 is 17.9 Å². The maximum Gasteiger partial charge on any atom is 0.193 e. The minimum absolute atomic E-state index is 0.124. The maximum absolute atomic E-state index is 11.9. The van der Waals surface area contributed by atoms with Gasteiger partial charge in [0.2, 0.25) is 0 Å². The number of hydrogen-bond donors (Lipinski definition) is 0. The molecule has 20 heavy (non-hydrogen) atoms. The summed E-state index contributed by atoms with van der Waals surface area (Å²) in [7, 11) is -2.81. The normalized spacial score (nSPS) is 52.1. The maximum atomic E-state index is 11.9. The molecule has 4 atom stereocenters. The van der Waals surface area contributed by atoms with Gasteiger partial charge in [0.05, 0.1) is 34.4 Å². The zero-order chi connectivity index (χ0) is 14.1. The number of alkyl halides is 2. The zero-order valence-electron chi connectivity index (χ0n) is 11.0. The van der Waals surface area contributed by atoms with Gasteiger partial charge < -0.3 is 9.47 Å². The van der Waals surface area contributed by atoms with Crippen molar-refractivity contribution in [2.24, 2.45) is 23.7 Å². The van der Waals surface area contributed by atoms with Gasteiger partial charge in [-0.15, -0.1) is 0 Å². The third-order valence-electron chi connectivity index (χ3n) is 5.66. The molecular formula is C13H18Br2O4S. The highest BCUT2D eigenvalue weighted by Gasteiger charge is 2.63. The topological polar surface area (TPSA) is 52.6 Å². The first-order valence-corrected chi connectivity index (χ1v) is 10.8. The zero-order valence-corrected chi connectivity index (χ0v) is 15.0. The van der Waals surface area contributed by atoms with Gasteiger partial charge in [0.15, 0.2) is 15.6 Å². The second kappa shape index (κ2) is 4.66. The predicted octanol–water partition coefficient (Wildman–Crippen LogP) is 1.96. The Kier molecular flexibility index (Phi) is 3.36. The van der Waals surface area contributed by atoms with Crippen molar-refractivity contribution in [1.82, 2.24) is 0 Å². The molecule has 0 radical (unpaired) electrons. The van der Waals surface area contributed by atoms with Gasteiger partial charge in [0.1, 0.15) is 0 Å². The summed E-state index contributed by atoms with van der Waals surface area (Å²) in [6, 6.07) is 0. The van der Waals surface area contributed by atoms with E-state index in [1.165, 1.54) is 0 Å². The molecule has 0 aromatic heterocycles. The first-order chi connectivity index (χ1) is 9.43. The summed E-state index contributed by atoms with van der Waals surface area (Å²) in [5.41, 5.74) is 0. The lowest BCUT2D eigenvalue weighted by molar-refractivity contribution is -0.181. The first-order valence-electron chi connectivity index (χ1n) is 7.19. The molecule has 0 aromatic carbocycles. The van der Waals surface area contributed by atoms with Crippen LogP contribution in [0.25, 0.3) is 0 Å². The molecule has 6 fully saturated rings. The van der Waals surface area contributed by atoms with E-state index in [-0.39, 0.29) is 9.65 Å². The van der Waals surface area contributed by atoms with Crippen LogP contribution in [0.2, 0.25) is 0 Å². The van der Waals surface area contributed by atoms with Crippen LogP contribution < -0.4 is 0 Å². The summed E-state index contributed by atoms with van der Waals surface area (Å²) < 4.78 is 35.6. The van der Waals surface area contributed by atoms with Gasteiger partial charge in [0.25, 0.3) is 0 Å². The minimum atomic E-state index is -2.81. The third kappa shape index (κ3) is 1.92. The minimum Gasteiger partial charge on any atom is -0.345 e. The van der Waals surface area contributed by atoms with Crippen LogP contribution in [0.1, 0.15) is 12.8 Å². The summed E-state index contributed by atoms with van der Waals surface area (Å²) in [5.74, 6) is 1.91. The monoisotopic (exact) mass is 428 g/mol. The van der Waals surface area contributed by atoms with E-state index in [4.69, 9.17) is 9.47 Å². The molecule has 3 aliphatic carbocycles. The fourth-order valence-electron chi connectivity index (χ4n) is 4.78. The Bertz CT molecular complexity index is 474. The highest BCUT2D eigenvalue weighted by molar-refractivity contribution is 9.10. The lowest BCUT2D eigenvalue weighted by Crippen LogP contribution is -2.64. The van der Waals surface area contributed by atoms with Crippen LogP contribution in [0, 0.1) is 23.7 Å². The van der Waals surface area contributed by atoms with Gasteiger partial charge in [-0.2, -0.15) is 0 Å². The quantitative estimate of drug-likeness (QED) is 0.552. The molecule has 3 saturated heterocycles. The van der Waals surface area contributed by atoms with Gasteiger partial charge in [-0.3, -0.25) is 0 Å². The number of hydrogen-bond acceptors (Lipinski definition) is 4. The molecule has 4 nitrogen and oxygen atoms in total. The van der Waals surface area contributed by atoms with Crippen molar-refractivity contribution in [1.29, 1.82) is 0 Å². The van der Waals surface area contributed by atoms with E-state index in [1.54, 1.807) is 0 Å². The van der Waals surface area contributed by atoms with Crippen LogP contribution in [-0.4, -0.2) is 48.6 Å². The SMILES string of the molecule is O=S1(=O)CC2C3C[C@@H](Br)C4(OCCO4)[C@@H](Br)CC2C3C1. The molecule has 0 aromatic rings. The van der Waals surface area contributed by atoms with Crippen molar-refractivity contribution in [2.45, 2.75) is 28.3 Å². The highest BCUT2D eigenvalue weighted by Crippen LogP contribution is 2.60. The van der Waals surface area contributed by atoms with Crippen molar-refractivity contribution in [2.75, 3.05) is 24.7 Å². The van der Waals surface area contributed by atoms with Gasteiger partial charge in [-0.05, 0) is 36.5 Å². The van der Waals surface area contributed by atoms with Gasteiger partial charge in [-0.1, -0.05) is 31.9 Å². The average molecular weight is 430 g/mol. The van der Waals surface area contributed by atoms with Crippen LogP contribution in [0.5, 0.6) is 0 Å². The molecule has 0 N–H and O–H groups in total. The van der Waals surface area contributed by atoms with Gasteiger partial charge in [0, 0.05) is 0 Å². The predicted molar refractivity (Wildman–Crippen MR) is 81.9 cm³/mol. The lowest BCUT2D eigenvalue weighted by Gasteiger charge is -2.60. The first kappa shape index (κ1) is 14.4. The van der Waals surface area contributed by atoms with Crippen molar-refractivity contribution in [3.8, 4) is 0 Å². The number of fused-ring (bicyclic) bond motifs is 4. The largest absolute Gasteiger partial charge is 0.345 e. The lowest BCUT2D eigenvalue weighted by atomic mass is 9.53. The Hall–Kier alpha value is 0.830. The fourth-order valence-corrected chi connectivity index (χ4v) is 9.46. The summed E-state index contributed by atoms with van der Waals surface area (Å²) >= 11 is 7.54. The summed E-state index contributed by atoms with van der Waals surface area (Å²) in [6.45, 7) is 1.28. The smallest absolute Gasteiger partial charge is 0.193 e. The molecule has 0 amide bonds. The second-order valence-electron chi connectivity index (χ2n) is 6.56. The number of halogens is 2. The van der Waals surface area contributed by atoms with Crippen LogP contribution in [-0.2, 0) is 19.3 Å². The molecular weight excluding hydrogens is 412 g/mol. The van der Waals surface area contributed by atoms with E-state index in [1.807, 2.05) is 0 Å². The molecule has 3 aliphatic heterocycles. The molecule has 2 unspecified atom stereocenters. The van der Waals surface area contributed by atoms with Gasteiger partial charge >= 0.3 is 0 Å². The molecule has 3 heterocycles. The van der Waals surface area contributed by atoms with Crippen molar-refractivity contribution >= 4 is 41.7 Å². The summed E-state index contributed by atoms with van der Waals surface area (Å²) in [4.78, 5) is 0.248. The highest BCUT2D eigenvalue weighted by atomic mass is 79.9. The molecule has 1 spiro atoms. The number of rotatable bonds is 0. The molecule has 114 valence electrons. The van der Waals surface area contributed by atoms with E-state index in [2.05, 4.69) is 31.9 Å². The van der Waals surface area contributed by atoms with E-state index < -0.39 is 15.6 Å². The standard InChI is InChI=1S/C13H18Br2O4S/c14-11-3-7-9-5-20(16,17)6-10(7)8(9)4-12(15)13(11)18-1-2-19-13/h7-12H,1-6H2/t7?,8?,9?,10?,11-,12+. The molecule has 4 bridgehead atoms. The van der Waals surface area contributed by atoms with Crippen LogP contribution in [0.15, 0.2) is 0 Å². The Morgan fingerprint density at radius 1 is 0.850 bits per heavy atom. The van der Waals surface area contributed by atoms with Crippen LogP contribution >= 0.6 is 31.9 Å².